The lowest BCUT2D eigenvalue weighted by molar-refractivity contribution is -0.190. The number of benzene rings is 2. The Morgan fingerprint density at radius 2 is 1.86 bits per heavy atom. The Morgan fingerprint density at radius 3 is 2.48 bits per heavy atom. The summed E-state index contributed by atoms with van der Waals surface area (Å²) >= 11 is 0. The standard InChI is InChI=1S/C18H14BF3N2O5/c1-28-16(25)12-4-7-15-14(8-12)23-10-24(15)9-11-2-5-13(6-3-11)19(27)29-17(26)18(20,21)22/h2-8,10,27H,9H2,1H3. The number of hydrogen-bond donors (Lipinski definition) is 1. The quantitative estimate of drug-likeness (QED) is 0.512. The minimum absolute atomic E-state index is 0.00422. The largest absolute Gasteiger partial charge is 0.562 e. The van der Waals surface area contributed by atoms with Crippen LogP contribution >= 0.6 is 0 Å². The highest BCUT2D eigenvalue weighted by molar-refractivity contribution is 6.61. The molecule has 0 aliphatic carbocycles. The zero-order valence-electron chi connectivity index (χ0n) is 15.0. The molecule has 2 aromatic carbocycles. The third-order valence-corrected chi connectivity index (χ3v) is 4.11. The summed E-state index contributed by atoms with van der Waals surface area (Å²) < 4.78 is 47.1. The van der Waals surface area contributed by atoms with E-state index in [1.54, 1.807) is 36.7 Å². The highest BCUT2D eigenvalue weighted by Crippen LogP contribution is 2.18. The van der Waals surface area contributed by atoms with Crippen LogP contribution in [0.3, 0.4) is 0 Å². The van der Waals surface area contributed by atoms with Crippen molar-refractivity contribution in [3.05, 3.63) is 59.9 Å². The minimum atomic E-state index is -5.18. The lowest BCUT2D eigenvalue weighted by Crippen LogP contribution is -2.40. The zero-order valence-corrected chi connectivity index (χ0v) is 15.0. The number of hydrogen-bond acceptors (Lipinski definition) is 6. The molecule has 0 saturated heterocycles. The van der Waals surface area contributed by atoms with Crippen LogP contribution in [0.5, 0.6) is 0 Å². The molecule has 3 rings (SSSR count). The Hall–Kier alpha value is -3.34. The van der Waals surface area contributed by atoms with E-state index >= 15 is 0 Å². The van der Waals surface area contributed by atoms with Crippen LogP contribution in [-0.4, -0.2) is 46.9 Å². The maximum Gasteiger partial charge on any atom is 0.562 e. The van der Waals surface area contributed by atoms with Gasteiger partial charge in [-0.25, -0.2) is 14.6 Å². The molecule has 0 unspecified atom stereocenters. The highest BCUT2D eigenvalue weighted by atomic mass is 19.4. The Labute approximate surface area is 162 Å². The Balaban J connectivity index is 1.73. The summed E-state index contributed by atoms with van der Waals surface area (Å²) in [5.41, 5.74) is 2.50. The average Bonchev–Trinajstić information content (AvgIpc) is 3.09. The number of nitrogens with zero attached hydrogens (tertiary/aromatic N) is 2. The SMILES string of the molecule is COC(=O)c1ccc2c(c1)ncn2Cc1ccc(B(O)OC(=O)C(F)(F)F)cc1. The van der Waals surface area contributed by atoms with Crippen molar-refractivity contribution in [1.82, 2.24) is 9.55 Å². The number of ether oxygens (including phenoxy) is 1. The van der Waals surface area contributed by atoms with Crippen LogP contribution in [0, 0.1) is 0 Å². The predicted molar refractivity (Wildman–Crippen MR) is 96.4 cm³/mol. The fourth-order valence-corrected chi connectivity index (χ4v) is 2.66. The van der Waals surface area contributed by atoms with Crippen molar-refractivity contribution in [3.8, 4) is 0 Å². The predicted octanol–water partition coefficient (Wildman–Crippen LogP) is 1.66. The number of carbonyl (C=O) groups is 2. The molecule has 0 aliphatic rings. The second-order valence-corrected chi connectivity index (χ2v) is 6.06. The van der Waals surface area contributed by atoms with Crippen molar-refractivity contribution >= 4 is 35.6 Å². The molecule has 3 aromatic rings. The number of halogens is 3. The number of aromatic nitrogens is 2. The molecule has 0 saturated carbocycles. The molecule has 0 radical (unpaired) electrons. The molecule has 0 fully saturated rings. The van der Waals surface area contributed by atoms with Crippen LogP contribution in [0.2, 0.25) is 0 Å². The Bertz CT molecular complexity index is 1050. The summed E-state index contributed by atoms with van der Waals surface area (Å²) in [4.78, 5) is 26.6. The van der Waals surface area contributed by atoms with Gasteiger partial charge in [0.05, 0.1) is 30.0 Å². The van der Waals surface area contributed by atoms with Gasteiger partial charge in [0.2, 0.25) is 0 Å². The molecule has 0 atom stereocenters. The fourth-order valence-electron chi connectivity index (χ4n) is 2.66. The van der Waals surface area contributed by atoms with E-state index in [4.69, 9.17) is 0 Å². The first kappa shape index (κ1) is 20.4. The molecule has 0 amide bonds. The Morgan fingerprint density at radius 1 is 1.17 bits per heavy atom. The molecule has 1 N–H and O–H groups in total. The van der Waals surface area contributed by atoms with E-state index in [2.05, 4.69) is 14.4 Å². The van der Waals surface area contributed by atoms with Crippen LogP contribution in [0.25, 0.3) is 11.0 Å². The molecule has 150 valence electrons. The molecule has 1 heterocycles. The normalized spacial score (nSPS) is 11.3. The van der Waals surface area contributed by atoms with Gasteiger partial charge in [-0.05, 0) is 29.2 Å². The van der Waals surface area contributed by atoms with Crippen LogP contribution in [0.4, 0.5) is 13.2 Å². The summed E-state index contributed by atoms with van der Waals surface area (Å²) in [6.45, 7) is 0.382. The molecular formula is C18H14BF3N2O5. The molecule has 0 spiro atoms. The van der Waals surface area contributed by atoms with E-state index in [-0.39, 0.29) is 5.46 Å². The lowest BCUT2D eigenvalue weighted by atomic mass is 9.79. The maximum atomic E-state index is 12.2. The minimum Gasteiger partial charge on any atom is -0.499 e. The topological polar surface area (TPSA) is 90.7 Å². The van der Waals surface area contributed by atoms with E-state index in [0.717, 1.165) is 11.1 Å². The van der Waals surface area contributed by atoms with Gasteiger partial charge >= 0.3 is 25.2 Å². The van der Waals surface area contributed by atoms with E-state index in [0.29, 0.717) is 17.6 Å². The smallest absolute Gasteiger partial charge is 0.499 e. The van der Waals surface area contributed by atoms with Crippen LogP contribution in [-0.2, 0) is 20.7 Å². The van der Waals surface area contributed by atoms with Gasteiger partial charge in [0.15, 0.2) is 0 Å². The van der Waals surface area contributed by atoms with Crippen molar-refractivity contribution in [2.24, 2.45) is 0 Å². The van der Waals surface area contributed by atoms with E-state index < -0.39 is 25.2 Å². The molecule has 0 bridgehead atoms. The van der Waals surface area contributed by atoms with Crippen LogP contribution in [0.1, 0.15) is 15.9 Å². The molecule has 29 heavy (non-hydrogen) atoms. The number of carbonyl (C=O) groups excluding carboxylic acids is 2. The van der Waals surface area contributed by atoms with Crippen LogP contribution in [0.15, 0.2) is 48.8 Å². The van der Waals surface area contributed by atoms with E-state index in [1.165, 1.54) is 19.2 Å². The summed E-state index contributed by atoms with van der Waals surface area (Å²) in [5.74, 6) is -2.94. The van der Waals surface area contributed by atoms with Gasteiger partial charge in [-0.3, -0.25) is 0 Å². The maximum absolute atomic E-state index is 12.2. The van der Waals surface area contributed by atoms with Gasteiger partial charge in [-0.1, -0.05) is 24.3 Å². The number of imidazole rings is 1. The number of esters is 1. The van der Waals surface area contributed by atoms with Crippen molar-refractivity contribution in [2.45, 2.75) is 12.7 Å². The number of rotatable bonds is 5. The summed E-state index contributed by atoms with van der Waals surface area (Å²) in [6.07, 6.45) is -3.60. The summed E-state index contributed by atoms with van der Waals surface area (Å²) in [6, 6.07) is 10.8. The Kier molecular flexibility index (Phi) is 5.60. The van der Waals surface area contributed by atoms with Crippen molar-refractivity contribution in [3.63, 3.8) is 0 Å². The van der Waals surface area contributed by atoms with E-state index in [1.807, 2.05) is 4.57 Å². The molecule has 1 aromatic heterocycles. The molecule has 7 nitrogen and oxygen atoms in total. The van der Waals surface area contributed by atoms with Gasteiger partial charge in [-0.2, -0.15) is 13.2 Å². The van der Waals surface area contributed by atoms with Gasteiger partial charge in [0.25, 0.3) is 0 Å². The zero-order chi connectivity index (χ0) is 21.2. The third-order valence-electron chi connectivity index (χ3n) is 4.11. The van der Waals surface area contributed by atoms with Gasteiger partial charge in [-0.15, -0.1) is 0 Å². The number of alkyl halides is 3. The lowest BCUT2D eigenvalue weighted by Gasteiger charge is -2.11. The molecule has 0 aliphatic heterocycles. The highest BCUT2D eigenvalue weighted by Gasteiger charge is 2.43. The monoisotopic (exact) mass is 406 g/mol. The van der Waals surface area contributed by atoms with E-state index in [9.17, 15) is 27.8 Å². The van der Waals surface area contributed by atoms with Gasteiger partial charge in [0, 0.05) is 6.54 Å². The molecular weight excluding hydrogens is 392 g/mol. The first-order chi connectivity index (χ1) is 13.7. The summed E-state index contributed by atoms with van der Waals surface area (Å²) in [7, 11) is -0.737. The average molecular weight is 406 g/mol. The van der Waals surface area contributed by atoms with Crippen LogP contribution < -0.4 is 5.46 Å². The number of fused-ring (bicyclic) bond motifs is 1. The van der Waals surface area contributed by atoms with Crippen molar-refractivity contribution < 1.29 is 37.2 Å². The van der Waals surface area contributed by atoms with Crippen molar-refractivity contribution in [1.29, 1.82) is 0 Å². The van der Waals surface area contributed by atoms with Gasteiger partial charge < -0.3 is 19.0 Å². The molecule has 11 heteroatoms. The third kappa shape index (κ3) is 4.57. The second-order valence-electron chi connectivity index (χ2n) is 6.06. The fraction of sp³-hybridized carbons (Fsp3) is 0.167. The van der Waals surface area contributed by atoms with Gasteiger partial charge in [0.1, 0.15) is 0 Å². The number of methoxy groups -OCH3 is 1. The summed E-state index contributed by atoms with van der Waals surface area (Å²) in [5, 5.41) is 9.64. The van der Waals surface area contributed by atoms with Crippen molar-refractivity contribution in [2.75, 3.05) is 7.11 Å². The first-order valence-electron chi connectivity index (χ1n) is 8.27. The first-order valence-corrected chi connectivity index (χ1v) is 8.27. The second kappa shape index (κ2) is 7.96.